The van der Waals surface area contributed by atoms with Gasteiger partial charge in [0.15, 0.2) is 0 Å². The summed E-state index contributed by atoms with van der Waals surface area (Å²) in [6.07, 6.45) is 0. The molecule has 0 aliphatic rings. The van der Waals surface area contributed by atoms with Crippen molar-refractivity contribution in [1.29, 1.82) is 0 Å². The molecule has 6 rings (SSSR count). The van der Waals surface area contributed by atoms with E-state index >= 15 is 0 Å². The van der Waals surface area contributed by atoms with Crippen molar-refractivity contribution in [2.45, 2.75) is 47.7 Å². The van der Waals surface area contributed by atoms with E-state index in [2.05, 4.69) is 198 Å². The van der Waals surface area contributed by atoms with Crippen LogP contribution in [0.2, 0.25) is 13.1 Å². The molecular weight excluding hydrogens is 585 g/mol. The van der Waals surface area contributed by atoms with E-state index in [1.54, 1.807) is 0 Å². The van der Waals surface area contributed by atoms with Crippen LogP contribution in [0.5, 0.6) is 0 Å². The first kappa shape index (κ1) is 32.1. The van der Waals surface area contributed by atoms with Crippen molar-refractivity contribution < 1.29 is 0 Å². The summed E-state index contributed by atoms with van der Waals surface area (Å²) in [4.78, 5) is 4.68. The van der Waals surface area contributed by atoms with Gasteiger partial charge < -0.3 is 9.80 Å². The summed E-state index contributed by atoms with van der Waals surface area (Å²) in [5.74, 6) is 0. The molecule has 0 heterocycles. The molecule has 0 unspecified atom stereocenters. The zero-order valence-electron chi connectivity index (χ0n) is 29.1. The number of aryl methyl sites for hydroxylation is 5. The van der Waals surface area contributed by atoms with Crippen molar-refractivity contribution in [3.05, 3.63) is 161 Å². The van der Waals surface area contributed by atoms with Crippen molar-refractivity contribution in [2.75, 3.05) is 16.8 Å². The zero-order chi connectivity index (χ0) is 33.3. The molecule has 0 aliphatic heterocycles. The summed E-state index contributed by atoms with van der Waals surface area (Å²) in [5, 5.41) is 2.85. The molecule has 0 spiro atoms. The van der Waals surface area contributed by atoms with Crippen molar-refractivity contribution >= 4 is 46.9 Å². The van der Waals surface area contributed by atoms with Crippen LogP contribution in [0.4, 0.5) is 28.4 Å². The predicted molar refractivity (Wildman–Crippen MR) is 208 cm³/mol. The van der Waals surface area contributed by atoms with E-state index in [4.69, 9.17) is 0 Å². The van der Waals surface area contributed by atoms with E-state index in [1.165, 1.54) is 72.1 Å². The Balaban J connectivity index is 1.30. The highest BCUT2D eigenvalue weighted by Crippen LogP contribution is 2.37. The van der Waals surface area contributed by atoms with Crippen LogP contribution >= 0.6 is 0 Å². The van der Waals surface area contributed by atoms with Crippen LogP contribution in [0.25, 0.3) is 11.1 Å². The van der Waals surface area contributed by atoms with Crippen LogP contribution in [-0.4, -0.2) is 15.1 Å². The maximum atomic E-state index is 2.45. The number of nitrogens with zero attached hydrogens (tertiary/aromatic N) is 2. The Morgan fingerprint density at radius 3 is 1.26 bits per heavy atom. The quantitative estimate of drug-likeness (QED) is 0.154. The van der Waals surface area contributed by atoms with E-state index in [9.17, 15) is 0 Å². The summed E-state index contributed by atoms with van der Waals surface area (Å²) < 4.78 is 0. The lowest BCUT2D eigenvalue weighted by Gasteiger charge is -2.29. The summed E-state index contributed by atoms with van der Waals surface area (Å²) in [5.41, 5.74) is 14.8. The van der Waals surface area contributed by atoms with E-state index in [-0.39, 0.29) is 0 Å². The first-order valence-electron chi connectivity index (χ1n) is 16.6. The monoisotopic (exact) mass is 630 g/mol. The number of hydrogen-bond donors (Lipinski definition) is 0. The molecule has 47 heavy (non-hydrogen) atoms. The number of anilines is 5. The van der Waals surface area contributed by atoms with E-state index < -0.39 is 8.07 Å². The predicted octanol–water partition coefficient (Wildman–Crippen LogP) is 11.0. The molecule has 0 bridgehead atoms. The molecule has 0 atom stereocenters. The maximum Gasteiger partial charge on any atom is 0.112 e. The summed E-state index contributed by atoms with van der Waals surface area (Å²) in [6, 6.07) is 49.7. The molecule has 6 aromatic rings. The SMILES string of the molecule is Cc1ccc(-c2ccc(N(c3ccc([Si](C)(C)c4ccc(N(C)c5ccc(C)cc5C)cc4)cc3)c3ccc(C)cc3C)cc2)cc1. The Hall–Kier alpha value is -4.86. The molecule has 0 amide bonds. The lowest BCUT2D eigenvalue weighted by atomic mass is 10.0. The summed E-state index contributed by atoms with van der Waals surface area (Å²) in [7, 11) is 0.227. The minimum Gasteiger partial charge on any atom is -0.344 e. The Bertz CT molecular complexity index is 1990. The number of hydrogen-bond acceptors (Lipinski definition) is 2. The lowest BCUT2D eigenvalue weighted by molar-refractivity contribution is 1.18. The van der Waals surface area contributed by atoms with E-state index in [0.717, 1.165) is 5.69 Å². The van der Waals surface area contributed by atoms with E-state index in [1.807, 2.05) is 0 Å². The third-order valence-corrected chi connectivity index (χ3v) is 13.2. The van der Waals surface area contributed by atoms with Crippen LogP contribution in [0.1, 0.15) is 27.8 Å². The van der Waals surface area contributed by atoms with Crippen LogP contribution in [0.3, 0.4) is 0 Å². The van der Waals surface area contributed by atoms with Gasteiger partial charge in [0.1, 0.15) is 8.07 Å². The van der Waals surface area contributed by atoms with Crippen LogP contribution < -0.4 is 20.2 Å². The van der Waals surface area contributed by atoms with Gasteiger partial charge in [0.05, 0.1) is 0 Å². The van der Waals surface area contributed by atoms with Gasteiger partial charge >= 0.3 is 0 Å². The third-order valence-electron chi connectivity index (χ3n) is 9.64. The van der Waals surface area contributed by atoms with Crippen molar-refractivity contribution in [3.63, 3.8) is 0 Å². The molecule has 0 fully saturated rings. The highest BCUT2D eigenvalue weighted by Gasteiger charge is 2.27. The van der Waals surface area contributed by atoms with Crippen molar-refractivity contribution in [3.8, 4) is 11.1 Å². The van der Waals surface area contributed by atoms with Crippen LogP contribution in [0, 0.1) is 34.6 Å². The fraction of sp³-hybridized carbons (Fsp3) is 0.182. The Labute approximate surface area is 283 Å². The molecule has 0 saturated carbocycles. The highest BCUT2D eigenvalue weighted by atomic mass is 28.3. The van der Waals surface area contributed by atoms with Crippen molar-refractivity contribution in [2.24, 2.45) is 0 Å². The second kappa shape index (κ2) is 13.1. The van der Waals surface area contributed by atoms with Gasteiger partial charge in [-0.1, -0.05) is 125 Å². The van der Waals surface area contributed by atoms with Crippen LogP contribution in [0.15, 0.2) is 133 Å². The minimum atomic E-state index is -1.93. The molecule has 6 aromatic carbocycles. The molecule has 0 aromatic heterocycles. The van der Waals surface area contributed by atoms with Gasteiger partial charge in [0, 0.05) is 35.5 Å². The molecule has 0 N–H and O–H groups in total. The lowest BCUT2D eigenvalue weighted by Crippen LogP contribution is -2.52. The van der Waals surface area contributed by atoms with E-state index in [0.29, 0.717) is 0 Å². The molecule has 236 valence electrons. The van der Waals surface area contributed by atoms with Gasteiger partial charge in [-0.3, -0.25) is 0 Å². The first-order chi connectivity index (χ1) is 22.5. The van der Waals surface area contributed by atoms with Crippen LogP contribution in [-0.2, 0) is 0 Å². The number of benzene rings is 6. The van der Waals surface area contributed by atoms with Gasteiger partial charge in [-0.2, -0.15) is 0 Å². The van der Waals surface area contributed by atoms with Gasteiger partial charge in [-0.05, 0) is 105 Å². The Kier molecular flexibility index (Phi) is 8.94. The normalized spacial score (nSPS) is 11.4. The molecule has 0 radical (unpaired) electrons. The Morgan fingerprint density at radius 2 is 0.787 bits per heavy atom. The standard InChI is InChI=1S/C44H46N2Si/c1-31-9-13-36(14-10-31)37-15-17-39(18-16-37)46(44-28-12-33(3)30-35(44)5)40-21-25-42(26-22-40)47(7,8)41-23-19-38(20-24-41)45(6)43-27-11-32(2)29-34(43)4/h9-30H,1-8H3. The van der Waals surface area contributed by atoms with Gasteiger partial charge in [-0.15, -0.1) is 0 Å². The maximum absolute atomic E-state index is 2.45. The minimum absolute atomic E-state index is 1.15. The molecular formula is C44H46N2Si. The smallest absolute Gasteiger partial charge is 0.112 e. The fourth-order valence-corrected chi connectivity index (χ4v) is 8.98. The fourth-order valence-electron chi connectivity index (χ4n) is 6.65. The summed E-state index contributed by atoms with van der Waals surface area (Å²) in [6.45, 7) is 15.7. The Morgan fingerprint density at radius 1 is 0.404 bits per heavy atom. The average Bonchev–Trinajstić information content (AvgIpc) is 3.06. The van der Waals surface area contributed by atoms with Gasteiger partial charge in [0.2, 0.25) is 0 Å². The molecule has 3 heteroatoms. The zero-order valence-corrected chi connectivity index (χ0v) is 30.1. The average molecular weight is 631 g/mol. The topological polar surface area (TPSA) is 6.48 Å². The molecule has 0 saturated heterocycles. The largest absolute Gasteiger partial charge is 0.344 e. The summed E-state index contributed by atoms with van der Waals surface area (Å²) >= 11 is 0. The molecule has 0 aliphatic carbocycles. The second-order valence-corrected chi connectivity index (χ2v) is 18.0. The highest BCUT2D eigenvalue weighted by molar-refractivity contribution is 7.00. The van der Waals surface area contributed by atoms with Gasteiger partial charge in [-0.25, -0.2) is 0 Å². The number of rotatable bonds is 8. The van der Waals surface area contributed by atoms with Gasteiger partial charge in [0.25, 0.3) is 0 Å². The first-order valence-corrected chi connectivity index (χ1v) is 19.6. The molecule has 2 nitrogen and oxygen atoms in total. The second-order valence-electron chi connectivity index (χ2n) is 13.6. The van der Waals surface area contributed by atoms with Crippen molar-refractivity contribution in [1.82, 2.24) is 0 Å². The third kappa shape index (κ3) is 6.68.